The van der Waals surface area contributed by atoms with Gasteiger partial charge in [0.25, 0.3) is 0 Å². The maximum Gasteiger partial charge on any atom is 2.00 e. The van der Waals surface area contributed by atoms with Crippen molar-refractivity contribution >= 4 is 11.6 Å². The summed E-state index contributed by atoms with van der Waals surface area (Å²) in [5, 5.41) is 21.6. The summed E-state index contributed by atoms with van der Waals surface area (Å²) < 4.78 is 0. The molecule has 0 fully saturated rings. The zero-order chi connectivity index (χ0) is 16.3. The van der Waals surface area contributed by atoms with Crippen LogP contribution in [0.4, 0.5) is 0 Å². The summed E-state index contributed by atoms with van der Waals surface area (Å²) in [6.07, 6.45) is 3.25. The van der Waals surface area contributed by atoms with Gasteiger partial charge in [0.15, 0.2) is 11.6 Å². The van der Waals surface area contributed by atoms with E-state index in [0.717, 1.165) is 12.2 Å². The van der Waals surface area contributed by atoms with Gasteiger partial charge in [0.1, 0.15) is 0 Å². The van der Waals surface area contributed by atoms with E-state index in [1.807, 2.05) is 27.7 Å². The van der Waals surface area contributed by atoms with Gasteiger partial charge in [-0.1, -0.05) is 27.7 Å². The Morgan fingerprint density at radius 2 is 1.05 bits per heavy atom. The van der Waals surface area contributed by atoms with Crippen molar-refractivity contribution in [3.8, 4) is 0 Å². The normalized spacial score (nSPS) is 11.6. The van der Waals surface area contributed by atoms with Gasteiger partial charge in [0.2, 0.25) is 0 Å². The van der Waals surface area contributed by atoms with Gasteiger partial charge in [-0.05, 0) is 50.7 Å². The first kappa shape index (κ1) is 25.0. The van der Waals surface area contributed by atoms with Crippen LogP contribution >= 0.6 is 0 Å². The Hall–Kier alpha value is -0.957. The summed E-state index contributed by atoms with van der Waals surface area (Å²) in [6.45, 7) is 10.6. The maximum absolute atomic E-state index is 10.8. The predicted octanol–water partition coefficient (Wildman–Crippen LogP) is 1.73. The molecule has 0 saturated heterocycles. The van der Waals surface area contributed by atoms with Crippen molar-refractivity contribution in [3.05, 3.63) is 23.7 Å². The number of carbonyl (C=O) groups excluding carboxylic acids is 2. The fourth-order valence-corrected chi connectivity index (χ4v) is 1.38. The zero-order valence-electron chi connectivity index (χ0n) is 14.1. The van der Waals surface area contributed by atoms with E-state index < -0.39 is 0 Å². The van der Waals surface area contributed by atoms with Crippen molar-refractivity contribution in [2.24, 2.45) is 11.8 Å². The summed E-state index contributed by atoms with van der Waals surface area (Å²) >= 11 is 0. The molecule has 0 rings (SSSR count). The minimum atomic E-state index is -0.161. The van der Waals surface area contributed by atoms with Gasteiger partial charge >= 0.3 is 19.5 Å². The van der Waals surface area contributed by atoms with Crippen LogP contribution in [0.5, 0.6) is 0 Å². The number of allylic oxidation sites excluding steroid dienone is 4. The van der Waals surface area contributed by atoms with E-state index in [9.17, 15) is 19.8 Å². The molecule has 21 heavy (non-hydrogen) atoms. The SMILES string of the molecule is CC(=O)C=C([O-])CC(C)C.CC(=O)C=C([O-])CC(C)C.[Zn+2]. The fraction of sp³-hybridized carbons (Fsp3) is 0.625. The maximum atomic E-state index is 10.8. The first-order valence-electron chi connectivity index (χ1n) is 6.80. The number of ketones is 2. The second kappa shape index (κ2) is 14.0. The monoisotopic (exact) mass is 346 g/mol. The van der Waals surface area contributed by atoms with Crippen molar-refractivity contribution in [2.75, 3.05) is 0 Å². The van der Waals surface area contributed by atoms with E-state index in [0.29, 0.717) is 24.7 Å². The molecule has 0 N–H and O–H groups in total. The molecule has 0 aromatic heterocycles. The molecule has 0 aliphatic rings. The van der Waals surface area contributed by atoms with E-state index in [4.69, 9.17) is 0 Å². The Morgan fingerprint density at radius 3 is 1.19 bits per heavy atom. The van der Waals surface area contributed by atoms with Gasteiger partial charge in [-0.15, -0.1) is 11.5 Å². The number of rotatable bonds is 6. The van der Waals surface area contributed by atoms with Crippen molar-refractivity contribution < 1.29 is 39.3 Å². The molecule has 0 heterocycles. The minimum absolute atomic E-state index is 0. The average Bonchev–Trinajstić information content (AvgIpc) is 2.11. The largest absolute Gasteiger partial charge is 2.00 e. The van der Waals surface area contributed by atoms with Crippen LogP contribution in [0, 0.1) is 11.8 Å². The van der Waals surface area contributed by atoms with E-state index in [1.165, 1.54) is 13.8 Å². The topological polar surface area (TPSA) is 80.3 Å². The molecule has 0 amide bonds. The third-order valence-corrected chi connectivity index (χ3v) is 1.95. The van der Waals surface area contributed by atoms with Crippen LogP contribution in [0.2, 0.25) is 0 Å². The van der Waals surface area contributed by atoms with Gasteiger partial charge in [-0.2, -0.15) is 0 Å². The summed E-state index contributed by atoms with van der Waals surface area (Å²) in [5.74, 6) is 0.215. The zero-order valence-corrected chi connectivity index (χ0v) is 17.0. The van der Waals surface area contributed by atoms with Crippen LogP contribution in [0.15, 0.2) is 23.7 Å². The van der Waals surface area contributed by atoms with Crippen molar-refractivity contribution in [2.45, 2.75) is 54.4 Å². The summed E-state index contributed by atoms with van der Waals surface area (Å²) in [5.41, 5.74) is 0. The van der Waals surface area contributed by atoms with Gasteiger partial charge in [0.05, 0.1) is 0 Å². The molecule has 0 bridgehead atoms. The van der Waals surface area contributed by atoms with Crippen LogP contribution in [0.3, 0.4) is 0 Å². The Balaban J connectivity index is -0.000000295. The van der Waals surface area contributed by atoms with Crippen LogP contribution in [0.1, 0.15) is 54.4 Å². The molecule has 0 radical (unpaired) electrons. The molecule has 0 aliphatic carbocycles. The molecule has 116 valence electrons. The van der Waals surface area contributed by atoms with Gasteiger partial charge in [0, 0.05) is 0 Å². The number of carbonyl (C=O) groups is 2. The van der Waals surface area contributed by atoms with Crippen LogP contribution in [-0.4, -0.2) is 11.6 Å². The first-order chi connectivity index (χ1) is 9.04. The molecular formula is C16H26O4Zn. The van der Waals surface area contributed by atoms with Gasteiger partial charge < -0.3 is 10.2 Å². The molecule has 5 heteroatoms. The molecule has 0 aromatic rings. The fourth-order valence-electron chi connectivity index (χ4n) is 1.38. The third-order valence-electron chi connectivity index (χ3n) is 1.95. The first-order valence-corrected chi connectivity index (χ1v) is 6.80. The Bertz CT molecular complexity index is 332. The number of hydrogen-bond acceptors (Lipinski definition) is 4. The van der Waals surface area contributed by atoms with E-state index in [-0.39, 0.29) is 42.6 Å². The quantitative estimate of drug-likeness (QED) is 0.416. The molecule has 0 atom stereocenters. The molecular weight excluding hydrogens is 322 g/mol. The summed E-state index contributed by atoms with van der Waals surface area (Å²) in [7, 11) is 0. The van der Waals surface area contributed by atoms with Crippen LogP contribution in [-0.2, 0) is 29.1 Å². The summed E-state index contributed by atoms with van der Waals surface area (Å²) in [4.78, 5) is 20.7. The van der Waals surface area contributed by atoms with E-state index in [1.54, 1.807) is 0 Å². The van der Waals surface area contributed by atoms with E-state index >= 15 is 0 Å². The average molecular weight is 348 g/mol. The molecule has 0 spiro atoms. The van der Waals surface area contributed by atoms with Crippen molar-refractivity contribution in [3.63, 3.8) is 0 Å². The summed E-state index contributed by atoms with van der Waals surface area (Å²) in [6, 6.07) is 0. The Morgan fingerprint density at radius 1 is 0.810 bits per heavy atom. The van der Waals surface area contributed by atoms with E-state index in [2.05, 4.69) is 0 Å². The minimum Gasteiger partial charge on any atom is -0.875 e. The Kier molecular flexibility index (Phi) is 16.7. The smallest absolute Gasteiger partial charge is 0.875 e. The number of hydrogen-bond donors (Lipinski definition) is 0. The molecule has 0 unspecified atom stereocenters. The molecule has 4 nitrogen and oxygen atoms in total. The third kappa shape index (κ3) is 24.4. The van der Waals surface area contributed by atoms with Gasteiger partial charge in [-0.3, -0.25) is 9.59 Å². The van der Waals surface area contributed by atoms with Crippen molar-refractivity contribution in [1.82, 2.24) is 0 Å². The van der Waals surface area contributed by atoms with Gasteiger partial charge in [-0.25, -0.2) is 0 Å². The second-order valence-electron chi connectivity index (χ2n) is 5.64. The Labute approximate surface area is 141 Å². The van der Waals surface area contributed by atoms with Crippen LogP contribution in [0.25, 0.3) is 0 Å². The molecule has 0 saturated carbocycles. The standard InChI is InChI=1S/2C8H14O2.Zn/c2*1-6(2)4-8(10)5-7(3)9;/h2*5-6,10H,4H2,1-3H3;/q;;+2/p-2. The molecule has 0 aliphatic heterocycles. The molecule has 0 aromatic carbocycles. The van der Waals surface area contributed by atoms with Crippen LogP contribution < -0.4 is 10.2 Å². The van der Waals surface area contributed by atoms with Crippen molar-refractivity contribution in [1.29, 1.82) is 0 Å². The predicted molar refractivity (Wildman–Crippen MR) is 76.4 cm³/mol. The second-order valence-corrected chi connectivity index (χ2v) is 5.64.